The van der Waals surface area contributed by atoms with Crippen LogP contribution >= 0.6 is 0 Å². The van der Waals surface area contributed by atoms with Gasteiger partial charge in [0.15, 0.2) is 0 Å². The first-order valence-corrected chi connectivity index (χ1v) is 4.44. The third-order valence-electron chi connectivity index (χ3n) is 1.40. The van der Waals surface area contributed by atoms with E-state index in [9.17, 15) is 29.4 Å². The Bertz CT molecular complexity index is 363. The zero-order valence-corrected chi connectivity index (χ0v) is 245. The molecule has 75 heteroatoms. The molecule has 240 valence electrons. The summed E-state index contributed by atoms with van der Waals surface area (Å²) in [4.78, 5) is 39.0. The fraction of sp³-hybridized carbons (Fsp3) is 0.500. The number of nitrogens with two attached hydrogens (primary N) is 2. The Hall–Kier alpha value is 37.7. The van der Waals surface area contributed by atoms with Gasteiger partial charge in [-0.1, -0.05) is 0 Å². The molecule has 0 radical (unpaired) electrons. The molecule has 0 saturated carbocycles. The number of aliphatic carboxylic acids is 4. The van der Waals surface area contributed by atoms with E-state index >= 15 is 0 Å². The minimum atomic E-state index is -1.58. The molecule has 8 N–H and O–H groups in total. The molecule has 0 aromatic heterocycles. The molecule has 0 spiro atoms. The molecule has 83 heavy (non-hydrogen) atoms. The van der Waals surface area contributed by atoms with Crippen molar-refractivity contribution in [2.24, 2.45) is 11.5 Å². The predicted molar refractivity (Wildman–Crippen MR) is 54.1 cm³/mol. The molecule has 0 aliphatic heterocycles. The Labute approximate surface area is 1310 Å². The number of carbonyl (C=O) groups is 4. The van der Waals surface area contributed by atoms with Crippen molar-refractivity contribution in [3.8, 4) is 0 Å². The SMILES string of the molecule is NC(CC(=O)O)C(=O)O.NC(CC(=O)[O-])C(=O)[O-].O.[Zn].[Zn].[Zn].[Zn].[Zn].[Zn].[Zn].[Zn].[Zn].[Zn].[Zn].[Zn].[Zn].[Zn].[Zn].[Zn].[Zn].[Zn].[Zn].[Zn].[Zn].[Zn].[Zn].[Zn].[Zn].[Zn].[Zn].[Zn].[Zn].[Zn].[Zn].[Zn].[Zn].[Zn].[Zn].[Zn].[Zn].[Zn].[Zn].[Zn].[Zn].[Zn].[Zn].[Zn].[Zn].[Zn].[Zn].[Zn].[Zn].[Zn].[Zn].[Zn].[Zn].[Zn].[Zn].[Zn].[Zn].[Zn].[Zn].[Zn].[Zn].[Zn].[Zn].[Zn]. The Morgan fingerprint density at radius 1 is 0.229 bits per heavy atom. The van der Waals surface area contributed by atoms with Crippen molar-refractivity contribution < 1.29 is 1290 Å². The number of rotatable bonds is 6. The first kappa shape index (κ1) is 600. The van der Waals surface area contributed by atoms with Crippen LogP contribution in [0.25, 0.3) is 0 Å². The second-order valence-electron chi connectivity index (χ2n) is 3.04. The summed E-state index contributed by atoms with van der Waals surface area (Å²) < 4.78 is 0. The van der Waals surface area contributed by atoms with E-state index in [2.05, 4.69) is 0 Å². The molecule has 0 aromatic rings. The third-order valence-corrected chi connectivity index (χ3v) is 1.40. The second-order valence-corrected chi connectivity index (χ2v) is 3.04. The van der Waals surface area contributed by atoms with Crippen molar-refractivity contribution in [3.05, 3.63) is 0 Å². The number of hydrogen-bond donors (Lipinski definition) is 4. The molecule has 2 atom stereocenters. The maximum absolute atomic E-state index is 9.85. The van der Waals surface area contributed by atoms with Crippen LogP contribution in [0.2, 0.25) is 0 Å². The average molecular weight is 4470 g/mol. The van der Waals surface area contributed by atoms with Crippen LogP contribution in [-0.2, 0) is 1270 Å². The van der Waals surface area contributed by atoms with Gasteiger partial charge < -0.3 is 47.0 Å². The van der Waals surface area contributed by atoms with Crippen molar-refractivity contribution in [1.82, 2.24) is 0 Å². The number of carbonyl (C=O) groups excluding carboxylic acids is 2. The predicted octanol–water partition coefficient (Wildman–Crippen LogP) is -5.91. The Morgan fingerprint density at radius 2 is 0.325 bits per heavy atom. The van der Waals surface area contributed by atoms with Crippen molar-refractivity contribution in [3.63, 3.8) is 0 Å². The quantitative estimate of drug-likeness (QED) is 0.184. The van der Waals surface area contributed by atoms with Crippen LogP contribution in [0.3, 0.4) is 0 Å². The van der Waals surface area contributed by atoms with Crippen molar-refractivity contribution in [2.75, 3.05) is 0 Å². The summed E-state index contributed by atoms with van der Waals surface area (Å²) in [7, 11) is 0. The summed E-state index contributed by atoms with van der Waals surface area (Å²) in [6.45, 7) is 0. The van der Waals surface area contributed by atoms with E-state index < -0.39 is 48.8 Å². The summed E-state index contributed by atoms with van der Waals surface area (Å²) in [6, 6.07) is -2.75. The second kappa shape index (κ2) is 507. The van der Waals surface area contributed by atoms with Gasteiger partial charge in [0.25, 0.3) is 0 Å². The van der Waals surface area contributed by atoms with Gasteiger partial charge in [-0.3, -0.25) is 9.59 Å². The van der Waals surface area contributed by atoms with Crippen LogP contribution in [0.1, 0.15) is 12.8 Å². The summed E-state index contributed by atoms with van der Waals surface area (Å²) >= 11 is 0. The number of carboxylic acid groups (broad SMARTS) is 4. The van der Waals surface area contributed by atoms with E-state index in [0.717, 1.165) is 0 Å². The van der Waals surface area contributed by atoms with Crippen LogP contribution < -0.4 is 21.7 Å². The zero-order chi connectivity index (χ0) is 14.9. The molecule has 0 heterocycles. The van der Waals surface area contributed by atoms with Gasteiger partial charge in [0, 0.05) is 1270 Å². The van der Waals surface area contributed by atoms with Crippen molar-refractivity contribution in [1.29, 1.82) is 0 Å². The van der Waals surface area contributed by atoms with E-state index in [1.807, 2.05) is 0 Å². The summed E-state index contributed by atoms with van der Waals surface area (Å²) in [5.74, 6) is -5.58. The monoisotopic (exact) mass is 4370 g/mol. The number of hydrogen-bond acceptors (Lipinski definition) is 8. The molecule has 11 nitrogen and oxygen atoms in total. The van der Waals surface area contributed by atoms with Gasteiger partial charge in [0.1, 0.15) is 6.04 Å². The molecular formula is C8H14N2O9Zn64-2. The molecule has 0 aliphatic carbocycles. The molecule has 0 bridgehead atoms. The largest absolute Gasteiger partial charge is 0.550 e. The van der Waals surface area contributed by atoms with E-state index in [0.29, 0.717) is 0 Å². The maximum atomic E-state index is 9.85. The Balaban J connectivity index is -0.000000000532. The molecule has 0 amide bonds. The fourth-order valence-corrected chi connectivity index (χ4v) is 0.538. The summed E-state index contributed by atoms with van der Waals surface area (Å²) in [5.41, 5.74) is 9.57. The molecular weight excluding hydrogens is 4450 g/mol. The number of carboxylic acids is 4. The Kier molecular flexibility index (Phi) is 3660. The van der Waals surface area contributed by atoms with Crippen LogP contribution in [0.15, 0.2) is 0 Å². The topological polar surface area (TPSA) is 238 Å². The third kappa shape index (κ3) is 575. The van der Waals surface area contributed by atoms with Crippen LogP contribution in [-0.4, -0.2) is 51.7 Å². The van der Waals surface area contributed by atoms with Crippen LogP contribution in [0, 0.1) is 0 Å². The zero-order valence-electron chi connectivity index (χ0n) is 54.8. The minimum absolute atomic E-state index is 0. The fourth-order valence-electron chi connectivity index (χ4n) is 0.538. The molecule has 0 saturated heterocycles. The first-order valence-electron chi connectivity index (χ1n) is 4.44. The van der Waals surface area contributed by atoms with Gasteiger partial charge in [-0.05, 0) is 0 Å². The molecule has 0 aliphatic rings. The van der Waals surface area contributed by atoms with Crippen LogP contribution in [0.4, 0.5) is 0 Å². The first-order chi connectivity index (χ1) is 8.07. The van der Waals surface area contributed by atoms with Gasteiger partial charge >= 0.3 is 11.9 Å². The molecule has 0 rings (SSSR count). The molecule has 0 fully saturated rings. The van der Waals surface area contributed by atoms with Crippen LogP contribution in [0.5, 0.6) is 0 Å². The van der Waals surface area contributed by atoms with E-state index in [4.69, 9.17) is 21.7 Å². The van der Waals surface area contributed by atoms with Gasteiger partial charge in [-0.15, -0.1) is 0 Å². The average Bonchev–Trinajstić information content (AvgIpc) is 2.16. The normalized spacial score (nSPS) is 2.72. The smallest absolute Gasteiger partial charge is 0.321 e. The molecule has 0 aromatic carbocycles. The standard InChI is InChI=1S/2C4H7NO4.H2O.64Zn/c2*5-2(4(8)9)1-3(6)7;;;;;;;;;;;;;;;;;;;;;;;;;;;;;;;;;;;;;;;;;;;;;;;;;;;;;;;;;;;;;;;;;/h2*2H,1,5H2,(H,6,7)(H,8,9);1H2;;;;;;;;;;;;;;;;;;;;;;;;;;;;;;;;;;;;;;;;;;;;;;;;;;;;;;;;;;;;;;;;/p-2. The van der Waals surface area contributed by atoms with E-state index in [1.54, 1.807) is 0 Å². The van der Waals surface area contributed by atoms with Gasteiger partial charge in [-0.2, -0.15) is 0 Å². The maximum Gasteiger partial charge on any atom is 0.321 e. The van der Waals surface area contributed by atoms with E-state index in [1.165, 1.54) is 0 Å². The van der Waals surface area contributed by atoms with Gasteiger partial charge in [0.2, 0.25) is 0 Å². The van der Waals surface area contributed by atoms with Crippen molar-refractivity contribution >= 4 is 23.9 Å². The molecule has 2 unspecified atom stereocenters. The van der Waals surface area contributed by atoms with Gasteiger partial charge in [-0.25, -0.2) is 0 Å². The summed E-state index contributed by atoms with van der Waals surface area (Å²) in [6.07, 6.45) is -1.24. The van der Waals surface area contributed by atoms with E-state index in [-0.39, 0.29) is 1250 Å². The summed E-state index contributed by atoms with van der Waals surface area (Å²) in [5, 5.41) is 35.4. The van der Waals surface area contributed by atoms with Crippen molar-refractivity contribution in [2.45, 2.75) is 24.9 Å². The van der Waals surface area contributed by atoms with Gasteiger partial charge in [0.05, 0.1) is 12.4 Å². The minimum Gasteiger partial charge on any atom is -0.550 e. The Morgan fingerprint density at radius 3 is 0.349 bits per heavy atom.